The third kappa shape index (κ3) is 7.11. The van der Waals surface area contributed by atoms with Crippen molar-refractivity contribution in [3.8, 4) is 11.1 Å². The van der Waals surface area contributed by atoms with Crippen LogP contribution >= 0.6 is 0 Å². The van der Waals surface area contributed by atoms with Gasteiger partial charge >= 0.3 is 0 Å². The number of halogens is 2. The average molecular weight is 547 g/mol. The number of likely N-dealkylation sites (tertiary alicyclic amines) is 1. The maximum Gasteiger partial charge on any atom is 0.253 e. The van der Waals surface area contributed by atoms with Gasteiger partial charge in [-0.3, -0.25) is 9.59 Å². The van der Waals surface area contributed by atoms with Gasteiger partial charge in [0.25, 0.3) is 11.8 Å². The van der Waals surface area contributed by atoms with Crippen molar-refractivity contribution in [2.24, 2.45) is 0 Å². The Morgan fingerprint density at radius 2 is 1.82 bits per heavy atom. The van der Waals surface area contributed by atoms with E-state index in [2.05, 4.69) is 10.3 Å². The van der Waals surface area contributed by atoms with Crippen LogP contribution in [0, 0.1) is 6.92 Å². The van der Waals surface area contributed by atoms with E-state index in [1.165, 1.54) is 4.90 Å². The maximum absolute atomic E-state index is 13.3. The number of aromatic nitrogens is 1. The molecule has 9 heteroatoms. The smallest absolute Gasteiger partial charge is 0.253 e. The highest BCUT2D eigenvalue weighted by Gasteiger charge is 2.35. The number of rotatable bonds is 6. The molecule has 3 N–H and O–H groups in total. The number of carbonyl (C=O) groups excluding carboxylic acids is 2. The number of carbonyl (C=O) groups is 2. The van der Waals surface area contributed by atoms with Gasteiger partial charge in [-0.25, -0.2) is 13.8 Å². The van der Waals surface area contributed by atoms with Gasteiger partial charge in [-0.05, 0) is 78.6 Å². The van der Waals surface area contributed by atoms with E-state index in [9.17, 15) is 18.4 Å². The Labute approximate surface area is 231 Å². The molecule has 1 aliphatic rings. The molecule has 7 nitrogen and oxygen atoms in total. The number of hydrogen-bond donors (Lipinski definition) is 2. The number of anilines is 1. The number of fused-ring (bicyclic) bond motifs is 1. The summed E-state index contributed by atoms with van der Waals surface area (Å²) < 4.78 is 32.5. The number of benzene rings is 2. The molecular weight excluding hydrogens is 514 g/mol. The van der Waals surface area contributed by atoms with E-state index in [0.29, 0.717) is 30.1 Å². The molecule has 40 heavy (non-hydrogen) atoms. The van der Waals surface area contributed by atoms with Crippen molar-refractivity contribution in [1.82, 2.24) is 15.2 Å². The molecule has 2 amide bonds. The van der Waals surface area contributed by atoms with Crippen LogP contribution in [0.5, 0.6) is 0 Å². The van der Waals surface area contributed by atoms with E-state index in [0.717, 1.165) is 33.2 Å². The van der Waals surface area contributed by atoms with E-state index in [1.54, 1.807) is 24.4 Å². The van der Waals surface area contributed by atoms with Crippen molar-refractivity contribution in [1.29, 1.82) is 0 Å². The Morgan fingerprint density at radius 1 is 1.10 bits per heavy atom. The van der Waals surface area contributed by atoms with Gasteiger partial charge in [0.05, 0.1) is 6.54 Å². The molecule has 1 fully saturated rings. The number of nitrogens with one attached hydrogen (secondary N) is 1. The van der Waals surface area contributed by atoms with Gasteiger partial charge in [0.1, 0.15) is 17.2 Å². The van der Waals surface area contributed by atoms with Crippen molar-refractivity contribution < 1.29 is 22.8 Å². The first-order chi connectivity index (χ1) is 19.2. The lowest BCUT2D eigenvalue weighted by Crippen LogP contribution is -2.42. The summed E-state index contributed by atoms with van der Waals surface area (Å²) in [5.41, 5.74) is 10.6. The van der Waals surface area contributed by atoms with Gasteiger partial charge in [0.2, 0.25) is 6.41 Å². The molecule has 1 aliphatic heterocycles. The minimum absolute atomic E-state index is 0.0746. The number of nitrogens with zero attached hydrogens (tertiary/aromatic N) is 2. The number of hydrogen-bond acceptors (Lipinski definition) is 5. The van der Waals surface area contributed by atoms with Gasteiger partial charge in [-0.15, -0.1) is 0 Å². The fourth-order valence-corrected chi connectivity index (χ4v) is 4.51. The highest BCUT2D eigenvalue weighted by atomic mass is 19.3. The van der Waals surface area contributed by atoms with E-state index in [4.69, 9.17) is 10.2 Å². The topological polar surface area (TPSA) is 101 Å². The minimum Gasteiger partial charge on any atom is -0.459 e. The van der Waals surface area contributed by atoms with E-state index < -0.39 is 5.92 Å². The molecule has 208 valence electrons. The molecule has 4 aromatic rings. The first-order valence-corrected chi connectivity index (χ1v) is 13.0. The molecule has 2 aromatic heterocycles. The fourth-order valence-electron chi connectivity index (χ4n) is 4.51. The number of allylic oxidation sites excluding steroid dienone is 1. The largest absolute Gasteiger partial charge is 0.459 e. The molecule has 5 rings (SSSR count). The number of alkyl halides is 2. The highest BCUT2D eigenvalue weighted by Crippen LogP contribution is 2.31. The van der Waals surface area contributed by atoms with Gasteiger partial charge in [0, 0.05) is 43.1 Å². The van der Waals surface area contributed by atoms with E-state index in [-0.39, 0.29) is 31.8 Å². The Balaban J connectivity index is 0.000000312. The number of furan rings is 1. The third-order valence-electron chi connectivity index (χ3n) is 6.63. The van der Waals surface area contributed by atoms with E-state index in [1.807, 2.05) is 62.4 Å². The second-order valence-corrected chi connectivity index (χ2v) is 9.66. The summed E-state index contributed by atoms with van der Waals surface area (Å²) in [6.07, 6.45) is 5.75. The van der Waals surface area contributed by atoms with Crippen LogP contribution in [0.2, 0.25) is 0 Å². The van der Waals surface area contributed by atoms with Crippen LogP contribution < -0.4 is 11.1 Å². The Morgan fingerprint density at radius 3 is 2.45 bits per heavy atom. The van der Waals surface area contributed by atoms with Gasteiger partial charge in [0.15, 0.2) is 0 Å². The molecular formula is C31H32F2N4O3. The van der Waals surface area contributed by atoms with Gasteiger partial charge < -0.3 is 20.4 Å². The first kappa shape index (κ1) is 28.5. The minimum atomic E-state index is -2.67. The lowest BCUT2D eigenvalue weighted by Gasteiger charge is -2.31. The van der Waals surface area contributed by atoms with Crippen molar-refractivity contribution in [3.05, 3.63) is 89.3 Å². The van der Waals surface area contributed by atoms with Crippen molar-refractivity contribution in [2.45, 2.75) is 39.2 Å². The molecule has 0 radical (unpaired) electrons. The normalized spacial score (nSPS) is 14.6. The van der Waals surface area contributed by atoms with Crippen LogP contribution in [0.15, 0.2) is 71.3 Å². The van der Waals surface area contributed by atoms with Gasteiger partial charge in [-0.1, -0.05) is 24.3 Å². The Kier molecular flexibility index (Phi) is 8.93. The molecule has 0 bridgehead atoms. The van der Waals surface area contributed by atoms with Crippen LogP contribution in [-0.4, -0.2) is 41.2 Å². The zero-order valence-electron chi connectivity index (χ0n) is 22.5. The molecule has 0 atom stereocenters. The zero-order valence-corrected chi connectivity index (χ0v) is 22.5. The standard InChI is InChI=1S/C23H22F2N2O3.C8H10N2/c1-15-10-18(11-19-12-20(13-26-14-28)30-21(15)19)16-2-4-17(5-3-16)22(29)27-8-6-23(24,25)7-9-27;1-2-3-7-4-5-8(9)10-6-7/h2-5,10-12,14H,6-9,13H2,1H3,(H,26,28);2-6H,1H3,(H2,9,10)/b;3-2+. The number of aryl methyl sites for hydroxylation is 1. The summed E-state index contributed by atoms with van der Waals surface area (Å²) in [4.78, 5) is 28.5. The second-order valence-electron chi connectivity index (χ2n) is 9.66. The Hall–Kier alpha value is -4.53. The summed E-state index contributed by atoms with van der Waals surface area (Å²) in [5.74, 6) is -1.66. The van der Waals surface area contributed by atoms with Crippen LogP contribution in [0.25, 0.3) is 28.2 Å². The summed E-state index contributed by atoms with van der Waals surface area (Å²) in [5, 5.41) is 3.52. The number of amides is 2. The van der Waals surface area contributed by atoms with Gasteiger partial charge in [-0.2, -0.15) is 0 Å². The summed E-state index contributed by atoms with van der Waals surface area (Å²) in [7, 11) is 0. The molecule has 0 aliphatic carbocycles. The van der Waals surface area contributed by atoms with Crippen LogP contribution in [0.3, 0.4) is 0 Å². The predicted molar refractivity (Wildman–Crippen MR) is 153 cm³/mol. The molecule has 2 aromatic carbocycles. The molecule has 0 saturated carbocycles. The van der Waals surface area contributed by atoms with Crippen molar-refractivity contribution in [3.63, 3.8) is 0 Å². The predicted octanol–water partition coefficient (Wildman–Crippen LogP) is 6.22. The number of nitrogens with two attached hydrogens (primary N) is 1. The zero-order chi connectivity index (χ0) is 28.7. The third-order valence-corrected chi connectivity index (χ3v) is 6.63. The molecule has 0 spiro atoms. The van der Waals surface area contributed by atoms with Crippen molar-refractivity contribution >= 4 is 35.2 Å². The molecule has 3 heterocycles. The summed E-state index contributed by atoms with van der Waals surface area (Å²) in [6, 6.07) is 16.8. The number of pyridine rings is 1. The average Bonchev–Trinajstić information content (AvgIpc) is 3.37. The van der Waals surface area contributed by atoms with Crippen LogP contribution in [0.4, 0.5) is 14.6 Å². The van der Waals surface area contributed by atoms with Crippen LogP contribution in [-0.2, 0) is 11.3 Å². The monoisotopic (exact) mass is 546 g/mol. The number of piperidine rings is 1. The fraction of sp³-hybridized carbons (Fsp3) is 0.258. The maximum atomic E-state index is 13.3. The summed E-state index contributed by atoms with van der Waals surface area (Å²) >= 11 is 0. The van der Waals surface area contributed by atoms with Crippen LogP contribution in [0.1, 0.15) is 47.0 Å². The summed E-state index contributed by atoms with van der Waals surface area (Å²) in [6.45, 7) is 4.40. The highest BCUT2D eigenvalue weighted by molar-refractivity contribution is 5.95. The lowest BCUT2D eigenvalue weighted by atomic mass is 9.99. The quantitative estimate of drug-likeness (QED) is 0.280. The Bertz CT molecular complexity index is 1490. The van der Waals surface area contributed by atoms with Crippen molar-refractivity contribution in [2.75, 3.05) is 18.8 Å². The second kappa shape index (κ2) is 12.5. The molecule has 1 saturated heterocycles. The number of nitrogen functional groups attached to an aromatic ring is 1. The lowest BCUT2D eigenvalue weighted by molar-refractivity contribution is -0.109. The molecule has 0 unspecified atom stereocenters. The van der Waals surface area contributed by atoms with E-state index >= 15 is 0 Å². The first-order valence-electron chi connectivity index (χ1n) is 13.0. The SMILES string of the molecule is C/C=C/c1ccc(N)nc1.Cc1cc(-c2ccc(C(=O)N3CCC(F)(F)CC3)cc2)cc2cc(CNC=O)oc12.